The molecule has 0 unspecified atom stereocenters. The Balaban J connectivity index is 2.07. The molecule has 0 heterocycles. The Labute approximate surface area is 138 Å². The molecule has 21 heavy (non-hydrogen) atoms. The van der Waals surface area contributed by atoms with Crippen LogP contribution in [0.2, 0.25) is 15.1 Å². The van der Waals surface area contributed by atoms with E-state index in [2.05, 4.69) is 5.32 Å². The van der Waals surface area contributed by atoms with E-state index in [4.69, 9.17) is 34.8 Å². The van der Waals surface area contributed by atoms with Crippen LogP contribution < -0.4 is 5.32 Å². The molecule has 5 heteroatoms. The van der Waals surface area contributed by atoms with Gasteiger partial charge in [-0.15, -0.1) is 0 Å². The van der Waals surface area contributed by atoms with Gasteiger partial charge in [-0.25, -0.2) is 0 Å². The summed E-state index contributed by atoms with van der Waals surface area (Å²) in [5.74, 6) is -0.271. The average Bonchev–Trinajstić information content (AvgIpc) is 2.43. The van der Waals surface area contributed by atoms with Crippen LogP contribution in [-0.2, 0) is 4.79 Å². The monoisotopic (exact) mass is 339 g/mol. The third-order valence-electron chi connectivity index (χ3n) is 2.75. The minimum atomic E-state index is -0.271. The first kappa shape index (κ1) is 15.9. The fourth-order valence-corrected chi connectivity index (χ4v) is 2.27. The highest BCUT2D eigenvalue weighted by molar-refractivity contribution is 6.42. The van der Waals surface area contributed by atoms with Crippen LogP contribution in [0.4, 0.5) is 5.69 Å². The van der Waals surface area contributed by atoms with Crippen LogP contribution in [0.3, 0.4) is 0 Å². The van der Waals surface area contributed by atoms with Crippen LogP contribution in [0, 0.1) is 6.92 Å². The maximum absolute atomic E-state index is 11.9. The first-order valence-corrected chi connectivity index (χ1v) is 7.29. The maximum Gasteiger partial charge on any atom is 0.248 e. The van der Waals surface area contributed by atoms with Gasteiger partial charge in [0.05, 0.1) is 20.8 Å². The van der Waals surface area contributed by atoms with E-state index < -0.39 is 0 Å². The number of hydrogen-bond donors (Lipinski definition) is 1. The van der Waals surface area contributed by atoms with Crippen molar-refractivity contribution < 1.29 is 4.79 Å². The molecule has 2 aromatic rings. The van der Waals surface area contributed by atoms with Crippen LogP contribution in [0.1, 0.15) is 11.1 Å². The van der Waals surface area contributed by atoms with Gasteiger partial charge in [-0.2, -0.15) is 0 Å². The maximum atomic E-state index is 11.9. The lowest BCUT2D eigenvalue weighted by molar-refractivity contribution is -0.111. The Hall–Kier alpha value is -1.48. The summed E-state index contributed by atoms with van der Waals surface area (Å²) in [4.78, 5) is 11.9. The summed E-state index contributed by atoms with van der Waals surface area (Å²) < 4.78 is 0. The number of halogens is 3. The summed E-state index contributed by atoms with van der Waals surface area (Å²) in [5.41, 5.74) is 2.39. The fraction of sp³-hybridized carbons (Fsp3) is 0.0625. The number of amides is 1. The Morgan fingerprint density at radius 2 is 1.76 bits per heavy atom. The van der Waals surface area contributed by atoms with Gasteiger partial charge >= 0.3 is 0 Å². The largest absolute Gasteiger partial charge is 0.321 e. The Bertz CT molecular complexity index is 711. The molecule has 1 N–H and O–H groups in total. The van der Waals surface area contributed by atoms with Crippen molar-refractivity contribution in [2.75, 3.05) is 5.32 Å². The molecule has 108 valence electrons. The molecule has 0 aliphatic carbocycles. The molecule has 0 saturated heterocycles. The van der Waals surface area contributed by atoms with Crippen LogP contribution in [0.5, 0.6) is 0 Å². The minimum Gasteiger partial charge on any atom is -0.321 e. The highest BCUT2D eigenvalue weighted by Crippen LogP contribution is 2.24. The molecule has 0 aliphatic heterocycles. The summed E-state index contributed by atoms with van der Waals surface area (Å²) in [6.07, 6.45) is 3.06. The van der Waals surface area contributed by atoms with Crippen LogP contribution in [0.15, 0.2) is 42.5 Å². The number of benzene rings is 2. The molecule has 2 nitrogen and oxygen atoms in total. The number of carbonyl (C=O) groups is 1. The Morgan fingerprint density at radius 3 is 2.43 bits per heavy atom. The number of carbonyl (C=O) groups excluding carboxylic acids is 1. The molecular weight excluding hydrogens is 329 g/mol. The molecule has 0 radical (unpaired) electrons. The molecule has 0 bridgehead atoms. The molecule has 0 fully saturated rings. The molecule has 0 spiro atoms. The van der Waals surface area contributed by atoms with Crippen LogP contribution in [-0.4, -0.2) is 5.91 Å². The summed E-state index contributed by atoms with van der Waals surface area (Å²) in [5, 5.41) is 4.14. The molecule has 1 amide bonds. The van der Waals surface area contributed by atoms with E-state index in [1.807, 2.05) is 13.0 Å². The third kappa shape index (κ3) is 4.50. The second-order valence-corrected chi connectivity index (χ2v) is 5.70. The summed E-state index contributed by atoms with van der Waals surface area (Å²) in [7, 11) is 0. The van der Waals surface area contributed by atoms with Gasteiger partial charge in [0, 0.05) is 6.08 Å². The summed E-state index contributed by atoms with van der Waals surface area (Å²) in [6, 6.07) is 10.6. The van der Waals surface area contributed by atoms with Crippen molar-refractivity contribution >= 4 is 52.5 Å². The standard InChI is InChI=1S/C16H12Cl3NO/c1-10-2-6-15(14(19)8-10)20-16(21)7-4-11-3-5-12(17)13(18)9-11/h2-9H,1H3,(H,20,21)/b7-4+. The van der Waals surface area contributed by atoms with Gasteiger partial charge in [0.15, 0.2) is 0 Å². The predicted octanol–water partition coefficient (Wildman–Crippen LogP) is 5.61. The zero-order valence-electron chi connectivity index (χ0n) is 11.2. The summed E-state index contributed by atoms with van der Waals surface area (Å²) >= 11 is 17.8. The van der Waals surface area contributed by atoms with Crippen molar-refractivity contribution in [3.8, 4) is 0 Å². The zero-order chi connectivity index (χ0) is 15.4. The van der Waals surface area contributed by atoms with Gasteiger partial charge in [-0.3, -0.25) is 4.79 Å². The first-order valence-electron chi connectivity index (χ1n) is 6.16. The van der Waals surface area contributed by atoms with Crippen LogP contribution >= 0.6 is 34.8 Å². The Kier molecular flexibility index (Phi) is 5.29. The molecule has 2 aromatic carbocycles. The van der Waals surface area contributed by atoms with Crippen LogP contribution in [0.25, 0.3) is 6.08 Å². The molecule has 0 aliphatic rings. The van der Waals surface area contributed by atoms with Gasteiger partial charge in [-0.05, 0) is 48.4 Å². The topological polar surface area (TPSA) is 29.1 Å². The highest BCUT2D eigenvalue weighted by atomic mass is 35.5. The second kappa shape index (κ2) is 6.99. The normalized spacial score (nSPS) is 10.9. The average molecular weight is 341 g/mol. The van der Waals surface area contributed by atoms with Gasteiger partial charge < -0.3 is 5.32 Å². The smallest absolute Gasteiger partial charge is 0.248 e. The molecule has 0 aromatic heterocycles. The minimum absolute atomic E-state index is 0.271. The molecule has 0 saturated carbocycles. The van der Waals surface area contributed by atoms with Crippen molar-refractivity contribution in [3.05, 3.63) is 68.7 Å². The number of hydrogen-bond acceptors (Lipinski definition) is 1. The number of nitrogens with one attached hydrogen (secondary N) is 1. The second-order valence-electron chi connectivity index (χ2n) is 4.48. The van der Waals surface area contributed by atoms with Crippen molar-refractivity contribution in [3.63, 3.8) is 0 Å². The lowest BCUT2D eigenvalue weighted by Crippen LogP contribution is -2.08. The molecule has 0 atom stereocenters. The molecule has 2 rings (SSSR count). The lowest BCUT2D eigenvalue weighted by atomic mass is 10.2. The van der Waals surface area contributed by atoms with E-state index in [1.54, 1.807) is 36.4 Å². The first-order chi connectivity index (χ1) is 9.95. The number of aryl methyl sites for hydroxylation is 1. The van der Waals surface area contributed by atoms with E-state index in [-0.39, 0.29) is 5.91 Å². The highest BCUT2D eigenvalue weighted by Gasteiger charge is 2.03. The number of anilines is 1. The van der Waals surface area contributed by atoms with Crippen molar-refractivity contribution in [1.29, 1.82) is 0 Å². The molecular formula is C16H12Cl3NO. The SMILES string of the molecule is Cc1ccc(NC(=O)/C=C/c2ccc(Cl)c(Cl)c2)c(Cl)c1. The van der Waals surface area contributed by atoms with Gasteiger partial charge in [0.1, 0.15) is 0 Å². The van der Waals surface area contributed by atoms with Gasteiger partial charge in [0.2, 0.25) is 5.91 Å². The van der Waals surface area contributed by atoms with Crippen molar-refractivity contribution in [1.82, 2.24) is 0 Å². The van der Waals surface area contributed by atoms with Crippen molar-refractivity contribution in [2.24, 2.45) is 0 Å². The predicted molar refractivity (Wildman–Crippen MR) is 90.3 cm³/mol. The Morgan fingerprint density at radius 1 is 1.00 bits per heavy atom. The summed E-state index contributed by atoms with van der Waals surface area (Å²) in [6.45, 7) is 1.93. The number of rotatable bonds is 3. The lowest BCUT2D eigenvalue weighted by Gasteiger charge is -2.05. The quantitative estimate of drug-likeness (QED) is 0.723. The fourth-order valence-electron chi connectivity index (χ4n) is 1.68. The zero-order valence-corrected chi connectivity index (χ0v) is 13.4. The van der Waals surface area contributed by atoms with E-state index in [9.17, 15) is 4.79 Å². The van der Waals surface area contributed by atoms with Crippen molar-refractivity contribution in [2.45, 2.75) is 6.92 Å². The third-order valence-corrected chi connectivity index (χ3v) is 3.81. The van der Waals surface area contributed by atoms with E-state index in [1.165, 1.54) is 6.08 Å². The van der Waals surface area contributed by atoms with E-state index >= 15 is 0 Å². The van der Waals surface area contributed by atoms with E-state index in [0.717, 1.165) is 11.1 Å². The van der Waals surface area contributed by atoms with Gasteiger partial charge in [0.25, 0.3) is 0 Å². The van der Waals surface area contributed by atoms with Gasteiger partial charge in [-0.1, -0.05) is 46.9 Å². The van der Waals surface area contributed by atoms with E-state index in [0.29, 0.717) is 20.8 Å².